The van der Waals surface area contributed by atoms with Gasteiger partial charge in [0.1, 0.15) is 0 Å². The molecule has 2 unspecified atom stereocenters. The Kier molecular flexibility index (Phi) is 13.6. The predicted molar refractivity (Wildman–Crippen MR) is 132 cm³/mol. The molecule has 29 heavy (non-hydrogen) atoms. The molecule has 0 aromatic heterocycles. The van der Waals surface area contributed by atoms with Crippen molar-refractivity contribution in [3.8, 4) is 0 Å². The first-order valence-corrected chi connectivity index (χ1v) is 12.4. The molecular formula is C28H51N. The van der Waals surface area contributed by atoms with E-state index in [4.69, 9.17) is 0 Å². The monoisotopic (exact) mass is 401 g/mol. The Bertz CT molecular complexity index is 514. The number of allylic oxidation sites excluding steroid dienone is 6. The zero-order valence-electron chi connectivity index (χ0n) is 20.9. The minimum absolute atomic E-state index is 0.794. The van der Waals surface area contributed by atoms with Crippen molar-refractivity contribution in [3.05, 3.63) is 34.9 Å². The molecule has 0 saturated heterocycles. The molecule has 1 aliphatic rings. The molecule has 1 rings (SSSR count). The van der Waals surface area contributed by atoms with Crippen LogP contribution in [0.4, 0.5) is 0 Å². The maximum atomic E-state index is 2.66. The van der Waals surface area contributed by atoms with Crippen LogP contribution in [0.1, 0.15) is 112 Å². The van der Waals surface area contributed by atoms with Crippen LogP contribution in [-0.4, -0.2) is 24.5 Å². The minimum atomic E-state index is 0.794. The number of rotatable bonds is 13. The average molecular weight is 402 g/mol. The quantitative estimate of drug-likeness (QED) is 0.279. The second kappa shape index (κ2) is 15.1. The molecule has 0 amide bonds. The lowest BCUT2D eigenvalue weighted by Gasteiger charge is -2.34. The van der Waals surface area contributed by atoms with Crippen molar-refractivity contribution in [2.24, 2.45) is 11.8 Å². The molecule has 0 aromatic rings. The summed E-state index contributed by atoms with van der Waals surface area (Å²) in [5.74, 6) is 1.60. The van der Waals surface area contributed by atoms with Gasteiger partial charge in [0.05, 0.1) is 0 Å². The largest absolute Gasteiger partial charge is 0.303 e. The molecule has 1 fully saturated rings. The van der Waals surface area contributed by atoms with Gasteiger partial charge in [-0.2, -0.15) is 0 Å². The van der Waals surface area contributed by atoms with E-state index in [1.54, 1.807) is 11.1 Å². The van der Waals surface area contributed by atoms with E-state index in [1.807, 2.05) is 0 Å². The summed E-state index contributed by atoms with van der Waals surface area (Å²) in [5.41, 5.74) is 4.54. The van der Waals surface area contributed by atoms with Crippen LogP contribution in [0, 0.1) is 11.8 Å². The molecule has 1 aliphatic carbocycles. The minimum Gasteiger partial charge on any atom is -0.303 e. The summed E-state index contributed by atoms with van der Waals surface area (Å²) in [6.07, 6.45) is 21.8. The third kappa shape index (κ3) is 12.5. The number of nitrogens with zero attached hydrogens (tertiary/aromatic N) is 1. The van der Waals surface area contributed by atoms with Gasteiger partial charge < -0.3 is 4.90 Å². The fourth-order valence-electron chi connectivity index (χ4n) is 4.52. The van der Waals surface area contributed by atoms with Crippen molar-refractivity contribution in [2.75, 3.05) is 13.6 Å². The third-order valence-electron chi connectivity index (χ3n) is 6.98. The molecule has 0 bridgehead atoms. The normalized spacial score (nSPS) is 18.8. The maximum absolute atomic E-state index is 2.66. The lowest BCUT2D eigenvalue weighted by Crippen LogP contribution is -2.37. The van der Waals surface area contributed by atoms with Gasteiger partial charge in [-0.3, -0.25) is 0 Å². The molecule has 0 spiro atoms. The van der Waals surface area contributed by atoms with Crippen molar-refractivity contribution < 1.29 is 0 Å². The van der Waals surface area contributed by atoms with Crippen LogP contribution in [0.5, 0.6) is 0 Å². The highest BCUT2D eigenvalue weighted by molar-refractivity contribution is 5.05. The van der Waals surface area contributed by atoms with E-state index in [2.05, 4.69) is 71.7 Å². The van der Waals surface area contributed by atoms with Gasteiger partial charge in [0.25, 0.3) is 0 Å². The van der Waals surface area contributed by atoms with Gasteiger partial charge in [0.2, 0.25) is 0 Å². The first-order valence-electron chi connectivity index (χ1n) is 12.4. The summed E-state index contributed by atoms with van der Waals surface area (Å²) < 4.78 is 0. The Morgan fingerprint density at radius 3 is 1.93 bits per heavy atom. The Morgan fingerprint density at radius 1 is 0.793 bits per heavy atom. The van der Waals surface area contributed by atoms with Crippen LogP contribution in [0.2, 0.25) is 0 Å². The number of hydrogen-bond donors (Lipinski definition) is 0. The summed E-state index contributed by atoms with van der Waals surface area (Å²) in [5, 5.41) is 0. The Hall–Kier alpha value is -0.820. The predicted octanol–water partition coefficient (Wildman–Crippen LogP) is 8.72. The van der Waals surface area contributed by atoms with E-state index in [9.17, 15) is 0 Å². The SMILES string of the molecule is CC(C)=CCCC(C)=CCCC(C)=CCCC(C)C(C)CN(C)C1CCCCC1. The summed E-state index contributed by atoms with van der Waals surface area (Å²) >= 11 is 0. The van der Waals surface area contributed by atoms with Gasteiger partial charge in [-0.05, 0) is 97.9 Å². The summed E-state index contributed by atoms with van der Waals surface area (Å²) in [7, 11) is 2.36. The van der Waals surface area contributed by atoms with Crippen molar-refractivity contribution in [1.29, 1.82) is 0 Å². The van der Waals surface area contributed by atoms with Crippen LogP contribution in [0.25, 0.3) is 0 Å². The summed E-state index contributed by atoms with van der Waals surface area (Å²) in [6, 6.07) is 0.846. The average Bonchev–Trinajstić information content (AvgIpc) is 2.68. The molecule has 1 nitrogen and oxygen atoms in total. The highest BCUT2D eigenvalue weighted by Crippen LogP contribution is 2.25. The molecule has 0 aliphatic heterocycles. The van der Waals surface area contributed by atoms with E-state index < -0.39 is 0 Å². The van der Waals surface area contributed by atoms with Crippen LogP contribution in [-0.2, 0) is 0 Å². The van der Waals surface area contributed by atoms with E-state index in [0.29, 0.717) is 0 Å². The summed E-state index contributed by atoms with van der Waals surface area (Å²) in [6.45, 7) is 15.2. The Balaban J connectivity index is 2.23. The van der Waals surface area contributed by atoms with E-state index >= 15 is 0 Å². The fourth-order valence-corrected chi connectivity index (χ4v) is 4.52. The van der Waals surface area contributed by atoms with E-state index in [1.165, 1.54) is 82.7 Å². The standard InChI is InChI=1S/C28H51N/c1-23(2)14-11-15-24(3)16-12-17-25(4)18-13-19-26(5)27(6)22-29(7)28-20-9-8-10-21-28/h14,16,18,26-28H,8-13,15,17,19-22H2,1-7H3. The summed E-state index contributed by atoms with van der Waals surface area (Å²) in [4.78, 5) is 2.66. The van der Waals surface area contributed by atoms with Gasteiger partial charge in [0.15, 0.2) is 0 Å². The molecule has 0 heterocycles. The van der Waals surface area contributed by atoms with Crippen LogP contribution < -0.4 is 0 Å². The highest BCUT2D eigenvalue weighted by atomic mass is 15.1. The Morgan fingerprint density at radius 2 is 1.34 bits per heavy atom. The van der Waals surface area contributed by atoms with Crippen LogP contribution in [0.3, 0.4) is 0 Å². The molecular weight excluding hydrogens is 350 g/mol. The van der Waals surface area contributed by atoms with Gasteiger partial charge in [-0.1, -0.05) is 68.1 Å². The molecule has 0 aromatic carbocycles. The zero-order valence-corrected chi connectivity index (χ0v) is 20.9. The lowest BCUT2D eigenvalue weighted by atomic mass is 9.89. The third-order valence-corrected chi connectivity index (χ3v) is 6.98. The molecule has 2 atom stereocenters. The molecule has 1 heteroatoms. The molecule has 168 valence electrons. The topological polar surface area (TPSA) is 3.24 Å². The van der Waals surface area contributed by atoms with Crippen LogP contribution in [0.15, 0.2) is 34.9 Å². The van der Waals surface area contributed by atoms with Gasteiger partial charge >= 0.3 is 0 Å². The molecule has 0 radical (unpaired) electrons. The first kappa shape index (κ1) is 26.2. The van der Waals surface area contributed by atoms with Crippen molar-refractivity contribution in [2.45, 2.75) is 118 Å². The first-order chi connectivity index (χ1) is 13.8. The second-order valence-electron chi connectivity index (χ2n) is 10.2. The van der Waals surface area contributed by atoms with E-state index in [0.717, 1.165) is 17.9 Å². The smallest absolute Gasteiger partial charge is 0.00923 e. The molecule has 1 saturated carbocycles. The van der Waals surface area contributed by atoms with E-state index in [-0.39, 0.29) is 0 Å². The Labute approximate surface area is 183 Å². The van der Waals surface area contributed by atoms with Gasteiger partial charge in [-0.25, -0.2) is 0 Å². The van der Waals surface area contributed by atoms with Crippen molar-refractivity contribution in [1.82, 2.24) is 4.90 Å². The van der Waals surface area contributed by atoms with Gasteiger partial charge in [0, 0.05) is 12.6 Å². The van der Waals surface area contributed by atoms with Crippen molar-refractivity contribution in [3.63, 3.8) is 0 Å². The van der Waals surface area contributed by atoms with Crippen molar-refractivity contribution >= 4 is 0 Å². The van der Waals surface area contributed by atoms with Gasteiger partial charge in [-0.15, -0.1) is 0 Å². The highest BCUT2D eigenvalue weighted by Gasteiger charge is 2.21. The number of hydrogen-bond acceptors (Lipinski definition) is 1. The molecule has 0 N–H and O–H groups in total. The lowest BCUT2D eigenvalue weighted by molar-refractivity contribution is 0.151. The fraction of sp³-hybridized carbons (Fsp3) is 0.786. The zero-order chi connectivity index (χ0) is 21.6. The van der Waals surface area contributed by atoms with Crippen LogP contribution >= 0.6 is 0 Å². The second-order valence-corrected chi connectivity index (χ2v) is 10.2. The maximum Gasteiger partial charge on any atom is 0.00923 e.